The number of thioether (sulfide) groups is 1. The molecule has 2 heterocycles. The van der Waals surface area contributed by atoms with E-state index in [9.17, 15) is 9.59 Å². The van der Waals surface area contributed by atoms with E-state index in [2.05, 4.69) is 15.5 Å². The second-order valence-electron chi connectivity index (χ2n) is 7.44. The van der Waals surface area contributed by atoms with Crippen LogP contribution in [-0.4, -0.2) is 32.3 Å². The molecule has 174 valence electrons. The number of anilines is 1. The molecule has 0 aliphatic rings. The summed E-state index contributed by atoms with van der Waals surface area (Å²) in [6.45, 7) is 4.22. The van der Waals surface area contributed by atoms with Crippen LogP contribution in [0, 0.1) is 13.8 Å². The molecule has 0 saturated carbocycles. The summed E-state index contributed by atoms with van der Waals surface area (Å²) in [6, 6.07) is 17.3. The van der Waals surface area contributed by atoms with Gasteiger partial charge in [0.05, 0.1) is 11.3 Å². The predicted molar refractivity (Wildman–Crippen MR) is 134 cm³/mol. The van der Waals surface area contributed by atoms with Crippen LogP contribution in [-0.2, 0) is 11.4 Å². The topological polar surface area (TPSA) is 112 Å². The molecule has 0 bridgehead atoms. The summed E-state index contributed by atoms with van der Waals surface area (Å²) in [4.78, 5) is 24.0. The van der Waals surface area contributed by atoms with Gasteiger partial charge < -0.3 is 15.8 Å². The monoisotopic (exact) mass is 493 g/mol. The molecule has 0 radical (unpaired) electrons. The molecule has 0 atom stereocenters. The smallest absolute Gasteiger partial charge is 0.251 e. The molecular formula is C24H23N5O3S2. The maximum absolute atomic E-state index is 12.5. The van der Waals surface area contributed by atoms with Crippen molar-refractivity contribution in [2.24, 2.45) is 5.73 Å². The van der Waals surface area contributed by atoms with Gasteiger partial charge in [-0.15, -0.1) is 21.5 Å². The first-order chi connectivity index (χ1) is 16.4. The Morgan fingerprint density at radius 1 is 1.06 bits per heavy atom. The zero-order valence-corrected chi connectivity index (χ0v) is 20.3. The van der Waals surface area contributed by atoms with E-state index in [4.69, 9.17) is 10.5 Å². The second-order valence-corrected chi connectivity index (χ2v) is 9.30. The SMILES string of the molecule is Cc1cccc(C)c1OCc1nnc(SCC(=O)Nc2sccc2C(N)=O)n1-c1ccccc1. The molecule has 10 heteroatoms. The van der Waals surface area contributed by atoms with Gasteiger partial charge in [-0.25, -0.2) is 0 Å². The number of para-hydroxylation sites is 2. The maximum Gasteiger partial charge on any atom is 0.251 e. The number of nitrogens with zero attached hydrogens (tertiary/aromatic N) is 3. The number of thiophene rings is 1. The standard InChI is InChI=1S/C24H23N5O3S2/c1-15-7-6-8-16(2)21(15)32-13-19-27-28-24(29(19)17-9-4-3-5-10-17)34-14-20(30)26-23-18(22(25)31)11-12-33-23/h3-12H,13-14H2,1-2H3,(H2,25,31)(H,26,30). The molecule has 0 unspecified atom stereocenters. The van der Waals surface area contributed by atoms with Crippen molar-refractivity contribution >= 4 is 39.9 Å². The number of rotatable bonds is 9. The number of aromatic nitrogens is 3. The maximum atomic E-state index is 12.5. The Balaban J connectivity index is 1.52. The summed E-state index contributed by atoms with van der Waals surface area (Å²) in [7, 11) is 0. The fourth-order valence-corrected chi connectivity index (χ4v) is 4.96. The van der Waals surface area contributed by atoms with Gasteiger partial charge in [0.1, 0.15) is 17.4 Å². The molecule has 0 aliphatic heterocycles. The molecular weight excluding hydrogens is 470 g/mol. The molecule has 2 aromatic carbocycles. The van der Waals surface area contributed by atoms with E-state index in [1.165, 1.54) is 23.1 Å². The average Bonchev–Trinajstić information content (AvgIpc) is 3.45. The first-order valence-electron chi connectivity index (χ1n) is 10.4. The lowest BCUT2D eigenvalue weighted by molar-refractivity contribution is -0.113. The zero-order valence-electron chi connectivity index (χ0n) is 18.6. The van der Waals surface area contributed by atoms with Gasteiger partial charge in [-0.3, -0.25) is 14.2 Å². The Hall–Kier alpha value is -3.63. The van der Waals surface area contributed by atoms with Crippen LogP contribution in [0.25, 0.3) is 5.69 Å². The van der Waals surface area contributed by atoms with Crippen molar-refractivity contribution in [1.29, 1.82) is 0 Å². The minimum absolute atomic E-state index is 0.0822. The normalized spacial score (nSPS) is 10.8. The van der Waals surface area contributed by atoms with Crippen LogP contribution in [0.3, 0.4) is 0 Å². The Labute approximate surface area is 205 Å². The first-order valence-corrected chi connectivity index (χ1v) is 12.3. The Morgan fingerprint density at radius 3 is 2.50 bits per heavy atom. The summed E-state index contributed by atoms with van der Waals surface area (Å²) in [5, 5.41) is 14.1. The van der Waals surface area contributed by atoms with Crippen molar-refractivity contribution in [3.8, 4) is 11.4 Å². The molecule has 0 spiro atoms. The summed E-state index contributed by atoms with van der Waals surface area (Å²) >= 11 is 2.49. The second kappa shape index (κ2) is 10.5. The van der Waals surface area contributed by atoms with Gasteiger partial charge in [0.15, 0.2) is 11.0 Å². The van der Waals surface area contributed by atoms with Crippen LogP contribution in [0.15, 0.2) is 65.1 Å². The van der Waals surface area contributed by atoms with Gasteiger partial charge in [0.2, 0.25) is 5.91 Å². The van der Waals surface area contributed by atoms with Crippen LogP contribution in [0.2, 0.25) is 0 Å². The molecule has 0 aliphatic carbocycles. The van der Waals surface area contributed by atoms with Gasteiger partial charge in [0.25, 0.3) is 5.91 Å². The summed E-state index contributed by atoms with van der Waals surface area (Å²) < 4.78 is 7.99. The number of ether oxygens (including phenoxy) is 1. The number of primary amides is 1. The van der Waals surface area contributed by atoms with E-state index in [-0.39, 0.29) is 18.3 Å². The lowest BCUT2D eigenvalue weighted by Gasteiger charge is -2.13. The number of carbonyl (C=O) groups is 2. The van der Waals surface area contributed by atoms with Crippen molar-refractivity contribution in [2.75, 3.05) is 11.1 Å². The summed E-state index contributed by atoms with van der Waals surface area (Å²) in [6.07, 6.45) is 0. The first kappa shape index (κ1) is 23.5. The third kappa shape index (κ3) is 5.29. The number of carbonyl (C=O) groups excluding carboxylic acids is 2. The number of hydrogen-bond donors (Lipinski definition) is 2. The van der Waals surface area contributed by atoms with E-state index in [0.29, 0.717) is 21.5 Å². The van der Waals surface area contributed by atoms with Crippen molar-refractivity contribution < 1.29 is 14.3 Å². The quantitative estimate of drug-likeness (QED) is 0.335. The highest BCUT2D eigenvalue weighted by Gasteiger charge is 2.18. The van der Waals surface area contributed by atoms with Crippen LogP contribution in [0.1, 0.15) is 27.3 Å². The van der Waals surface area contributed by atoms with E-state index >= 15 is 0 Å². The van der Waals surface area contributed by atoms with E-state index in [0.717, 1.165) is 22.6 Å². The van der Waals surface area contributed by atoms with Gasteiger partial charge in [-0.2, -0.15) is 0 Å². The molecule has 8 nitrogen and oxygen atoms in total. The van der Waals surface area contributed by atoms with Crippen LogP contribution in [0.5, 0.6) is 5.75 Å². The Morgan fingerprint density at radius 2 is 1.79 bits per heavy atom. The molecule has 34 heavy (non-hydrogen) atoms. The van der Waals surface area contributed by atoms with Crippen molar-refractivity contribution in [3.05, 3.63) is 82.5 Å². The number of hydrogen-bond acceptors (Lipinski definition) is 7. The zero-order chi connectivity index (χ0) is 24.1. The largest absolute Gasteiger partial charge is 0.485 e. The third-order valence-corrected chi connectivity index (χ3v) is 6.74. The molecule has 4 aromatic rings. The Bertz CT molecular complexity index is 1300. The number of nitrogens with one attached hydrogen (secondary N) is 1. The fraction of sp³-hybridized carbons (Fsp3) is 0.167. The highest BCUT2D eigenvalue weighted by molar-refractivity contribution is 7.99. The highest BCUT2D eigenvalue weighted by atomic mass is 32.2. The van der Waals surface area contributed by atoms with E-state index in [1.807, 2.05) is 66.9 Å². The minimum Gasteiger partial charge on any atom is -0.485 e. The third-order valence-electron chi connectivity index (χ3n) is 4.99. The summed E-state index contributed by atoms with van der Waals surface area (Å²) in [5.74, 6) is 0.664. The van der Waals surface area contributed by atoms with E-state index < -0.39 is 5.91 Å². The number of amides is 2. The molecule has 2 amide bonds. The lowest BCUT2D eigenvalue weighted by atomic mass is 10.1. The van der Waals surface area contributed by atoms with Gasteiger partial charge in [-0.05, 0) is 48.6 Å². The molecule has 0 fully saturated rings. The fourth-order valence-electron chi connectivity index (χ4n) is 3.38. The number of benzene rings is 2. The van der Waals surface area contributed by atoms with Gasteiger partial charge >= 0.3 is 0 Å². The average molecular weight is 494 g/mol. The molecule has 0 saturated heterocycles. The molecule has 2 aromatic heterocycles. The minimum atomic E-state index is -0.582. The molecule has 3 N–H and O–H groups in total. The van der Waals surface area contributed by atoms with Crippen molar-refractivity contribution in [2.45, 2.75) is 25.6 Å². The summed E-state index contributed by atoms with van der Waals surface area (Å²) in [5.41, 5.74) is 8.60. The lowest BCUT2D eigenvalue weighted by Crippen LogP contribution is -2.18. The van der Waals surface area contributed by atoms with Crippen LogP contribution < -0.4 is 15.8 Å². The van der Waals surface area contributed by atoms with Crippen LogP contribution >= 0.6 is 23.1 Å². The van der Waals surface area contributed by atoms with Crippen LogP contribution in [0.4, 0.5) is 5.00 Å². The molecule has 4 rings (SSSR count). The highest BCUT2D eigenvalue weighted by Crippen LogP contribution is 2.27. The number of aryl methyl sites for hydroxylation is 2. The number of nitrogens with two attached hydrogens (primary N) is 1. The predicted octanol–water partition coefficient (Wildman–Crippen LogP) is 4.35. The van der Waals surface area contributed by atoms with Crippen molar-refractivity contribution in [3.63, 3.8) is 0 Å². The van der Waals surface area contributed by atoms with Gasteiger partial charge in [0, 0.05) is 5.69 Å². The van der Waals surface area contributed by atoms with Crippen molar-refractivity contribution in [1.82, 2.24) is 14.8 Å². The Kier molecular flexibility index (Phi) is 7.29. The van der Waals surface area contributed by atoms with Gasteiger partial charge in [-0.1, -0.05) is 48.2 Å². The van der Waals surface area contributed by atoms with E-state index in [1.54, 1.807) is 11.4 Å².